The minimum atomic E-state index is -0.882. The van der Waals surface area contributed by atoms with Crippen molar-refractivity contribution in [2.45, 2.75) is 25.9 Å². The molecule has 0 aromatic heterocycles. The van der Waals surface area contributed by atoms with Gasteiger partial charge in [-0.3, -0.25) is 4.79 Å². The Balaban J connectivity index is 2.71. The number of benzene rings is 1. The Bertz CT molecular complexity index is 407. The summed E-state index contributed by atoms with van der Waals surface area (Å²) in [6.45, 7) is 3.81. The minimum absolute atomic E-state index is 0.0606. The third-order valence-corrected chi connectivity index (χ3v) is 2.66. The lowest BCUT2D eigenvalue weighted by Crippen LogP contribution is -2.25. The molecular formula is C13H16F2O3. The van der Waals surface area contributed by atoms with E-state index in [1.165, 1.54) is 0 Å². The van der Waals surface area contributed by atoms with Gasteiger partial charge in [0.2, 0.25) is 0 Å². The van der Waals surface area contributed by atoms with Crippen molar-refractivity contribution in [1.82, 2.24) is 0 Å². The van der Waals surface area contributed by atoms with Gasteiger partial charge in [0.1, 0.15) is 6.29 Å². The number of rotatable bonds is 6. The van der Waals surface area contributed by atoms with Crippen molar-refractivity contribution in [2.24, 2.45) is 0 Å². The summed E-state index contributed by atoms with van der Waals surface area (Å²) in [5.74, 6) is -2.23. The maximum Gasteiger partial charge on any atom is 0.190 e. The van der Waals surface area contributed by atoms with Gasteiger partial charge in [0.15, 0.2) is 17.4 Å². The Morgan fingerprint density at radius 3 is 2.28 bits per heavy atom. The van der Waals surface area contributed by atoms with Crippen LogP contribution in [0, 0.1) is 11.6 Å². The van der Waals surface area contributed by atoms with E-state index in [4.69, 9.17) is 9.47 Å². The average molecular weight is 258 g/mol. The second kappa shape index (κ2) is 5.91. The molecule has 18 heavy (non-hydrogen) atoms. The van der Waals surface area contributed by atoms with Crippen LogP contribution in [0.25, 0.3) is 0 Å². The number of methoxy groups -OCH3 is 1. The number of hydrogen-bond donors (Lipinski definition) is 0. The van der Waals surface area contributed by atoms with Crippen molar-refractivity contribution in [1.29, 1.82) is 0 Å². The molecule has 0 spiro atoms. The number of carbonyl (C=O) groups excluding carboxylic acids is 1. The number of hydrogen-bond acceptors (Lipinski definition) is 3. The minimum Gasteiger partial charge on any atom is -0.487 e. The molecule has 3 nitrogen and oxygen atoms in total. The molecule has 5 heteroatoms. The van der Waals surface area contributed by atoms with Gasteiger partial charge in [-0.15, -0.1) is 0 Å². The largest absolute Gasteiger partial charge is 0.487 e. The number of halogens is 2. The van der Waals surface area contributed by atoms with Crippen LogP contribution in [0.2, 0.25) is 0 Å². The summed E-state index contributed by atoms with van der Waals surface area (Å²) in [6, 6.07) is 1.87. The van der Waals surface area contributed by atoms with Gasteiger partial charge < -0.3 is 9.47 Å². The zero-order valence-electron chi connectivity index (χ0n) is 10.6. The molecule has 0 aliphatic heterocycles. The van der Waals surface area contributed by atoms with Crippen molar-refractivity contribution in [3.8, 4) is 5.75 Å². The molecule has 0 aliphatic rings. The first-order valence-electron chi connectivity index (χ1n) is 5.52. The SMILES string of the molecule is COC(C)(C)CCOc1c(F)cc(C=O)cc1F. The van der Waals surface area contributed by atoms with E-state index in [0.717, 1.165) is 12.1 Å². The maximum absolute atomic E-state index is 13.4. The third-order valence-electron chi connectivity index (χ3n) is 2.66. The quantitative estimate of drug-likeness (QED) is 0.736. The molecule has 0 amide bonds. The summed E-state index contributed by atoms with van der Waals surface area (Å²) in [5, 5.41) is 0. The van der Waals surface area contributed by atoms with E-state index in [1.54, 1.807) is 7.11 Å². The molecule has 0 heterocycles. The van der Waals surface area contributed by atoms with Crippen LogP contribution in [0.4, 0.5) is 8.78 Å². The van der Waals surface area contributed by atoms with E-state index in [-0.39, 0.29) is 12.2 Å². The molecule has 1 rings (SSSR count). The second-order valence-electron chi connectivity index (χ2n) is 4.49. The van der Waals surface area contributed by atoms with Crippen LogP contribution < -0.4 is 4.74 Å². The van der Waals surface area contributed by atoms with E-state index < -0.39 is 23.0 Å². The van der Waals surface area contributed by atoms with Crippen LogP contribution in [-0.4, -0.2) is 25.6 Å². The lowest BCUT2D eigenvalue weighted by atomic mass is 10.1. The Morgan fingerprint density at radius 1 is 1.28 bits per heavy atom. The highest BCUT2D eigenvalue weighted by atomic mass is 19.1. The fourth-order valence-corrected chi connectivity index (χ4v) is 1.29. The second-order valence-corrected chi connectivity index (χ2v) is 4.49. The van der Waals surface area contributed by atoms with Gasteiger partial charge in [-0.1, -0.05) is 0 Å². The lowest BCUT2D eigenvalue weighted by molar-refractivity contribution is 0.00478. The molecule has 0 saturated carbocycles. The standard InChI is InChI=1S/C13H16F2O3/c1-13(2,17-3)4-5-18-12-10(14)6-9(8-16)7-11(12)15/h6-8H,4-5H2,1-3H3. The van der Waals surface area contributed by atoms with Crippen molar-refractivity contribution in [3.63, 3.8) is 0 Å². The normalized spacial score (nSPS) is 11.4. The van der Waals surface area contributed by atoms with Gasteiger partial charge in [-0.2, -0.15) is 0 Å². The van der Waals surface area contributed by atoms with Crippen LogP contribution in [0.5, 0.6) is 5.75 Å². The molecule has 1 aromatic carbocycles. The molecule has 0 saturated heterocycles. The molecule has 0 bridgehead atoms. The van der Waals surface area contributed by atoms with Gasteiger partial charge >= 0.3 is 0 Å². The summed E-state index contributed by atoms with van der Waals surface area (Å²) in [6.07, 6.45) is 0.863. The molecule has 100 valence electrons. The van der Waals surface area contributed by atoms with Crippen LogP contribution in [0.15, 0.2) is 12.1 Å². The predicted molar refractivity (Wildman–Crippen MR) is 62.9 cm³/mol. The Labute approximate surface area is 105 Å². The van der Waals surface area contributed by atoms with E-state index in [9.17, 15) is 13.6 Å². The summed E-state index contributed by atoms with van der Waals surface area (Å²) in [4.78, 5) is 10.4. The smallest absolute Gasteiger partial charge is 0.190 e. The van der Waals surface area contributed by atoms with Gasteiger partial charge in [0, 0.05) is 19.1 Å². The summed E-state index contributed by atoms with van der Waals surface area (Å²) < 4.78 is 37.1. The van der Waals surface area contributed by atoms with E-state index >= 15 is 0 Å². The highest BCUT2D eigenvalue weighted by Gasteiger charge is 2.18. The number of aldehydes is 1. The van der Waals surface area contributed by atoms with Crippen LogP contribution >= 0.6 is 0 Å². The number of ether oxygens (including phenoxy) is 2. The first-order chi connectivity index (χ1) is 8.39. The Hall–Kier alpha value is -1.49. The van der Waals surface area contributed by atoms with Crippen molar-refractivity contribution in [2.75, 3.05) is 13.7 Å². The third kappa shape index (κ3) is 3.77. The van der Waals surface area contributed by atoms with Gasteiger partial charge in [0.25, 0.3) is 0 Å². The summed E-state index contributed by atoms with van der Waals surface area (Å²) in [5.41, 5.74) is -0.482. The molecule has 0 N–H and O–H groups in total. The van der Waals surface area contributed by atoms with Crippen molar-refractivity contribution in [3.05, 3.63) is 29.3 Å². The van der Waals surface area contributed by atoms with Crippen molar-refractivity contribution >= 4 is 6.29 Å². The van der Waals surface area contributed by atoms with Crippen molar-refractivity contribution < 1.29 is 23.0 Å². The topological polar surface area (TPSA) is 35.5 Å². The monoisotopic (exact) mass is 258 g/mol. The van der Waals surface area contributed by atoms with Gasteiger partial charge in [0.05, 0.1) is 12.2 Å². The van der Waals surface area contributed by atoms with E-state index in [2.05, 4.69) is 0 Å². The first-order valence-corrected chi connectivity index (χ1v) is 5.52. The lowest BCUT2D eigenvalue weighted by Gasteiger charge is -2.22. The molecule has 0 fully saturated rings. The van der Waals surface area contributed by atoms with E-state index in [0.29, 0.717) is 12.7 Å². The molecule has 0 radical (unpaired) electrons. The number of carbonyl (C=O) groups is 1. The molecular weight excluding hydrogens is 242 g/mol. The zero-order chi connectivity index (χ0) is 13.8. The summed E-state index contributed by atoms with van der Waals surface area (Å²) in [7, 11) is 1.56. The molecule has 0 aliphatic carbocycles. The first kappa shape index (κ1) is 14.6. The molecule has 0 unspecified atom stereocenters. The summed E-state index contributed by atoms with van der Waals surface area (Å²) >= 11 is 0. The highest BCUT2D eigenvalue weighted by molar-refractivity contribution is 5.75. The van der Waals surface area contributed by atoms with Crippen LogP contribution in [0.1, 0.15) is 30.6 Å². The van der Waals surface area contributed by atoms with Gasteiger partial charge in [-0.25, -0.2) is 8.78 Å². The van der Waals surface area contributed by atoms with Crippen LogP contribution in [-0.2, 0) is 4.74 Å². The van der Waals surface area contributed by atoms with E-state index in [1.807, 2.05) is 13.8 Å². The maximum atomic E-state index is 13.4. The Kier molecular flexibility index (Phi) is 4.78. The Morgan fingerprint density at radius 2 is 1.83 bits per heavy atom. The fourth-order valence-electron chi connectivity index (χ4n) is 1.29. The zero-order valence-corrected chi connectivity index (χ0v) is 10.6. The molecule has 0 atom stereocenters. The molecule has 1 aromatic rings. The van der Waals surface area contributed by atoms with Gasteiger partial charge in [-0.05, 0) is 26.0 Å². The van der Waals surface area contributed by atoms with Crippen LogP contribution in [0.3, 0.4) is 0 Å². The predicted octanol–water partition coefficient (Wildman–Crippen LogP) is 2.97. The fraction of sp³-hybridized carbons (Fsp3) is 0.462. The highest BCUT2D eigenvalue weighted by Crippen LogP contribution is 2.24. The average Bonchev–Trinajstić information content (AvgIpc) is 2.32.